The fourth-order valence-corrected chi connectivity index (χ4v) is 2.52. The van der Waals surface area contributed by atoms with Crippen molar-refractivity contribution in [1.29, 1.82) is 0 Å². The molecular formula is C14H18N6. The van der Waals surface area contributed by atoms with E-state index in [1.54, 1.807) is 0 Å². The van der Waals surface area contributed by atoms with Gasteiger partial charge in [0.05, 0.1) is 12.2 Å². The van der Waals surface area contributed by atoms with Crippen LogP contribution in [0.5, 0.6) is 0 Å². The summed E-state index contributed by atoms with van der Waals surface area (Å²) < 4.78 is 2.19. The Labute approximate surface area is 117 Å². The number of hydrogen-bond donors (Lipinski definition) is 1. The SMILES string of the molecule is c1cn2c(n1)CN(c1ccc(CNC3CC3)nn1)CC2. The fourth-order valence-electron chi connectivity index (χ4n) is 2.52. The van der Waals surface area contributed by atoms with Crippen LogP contribution in [0.15, 0.2) is 24.5 Å². The minimum atomic E-state index is 0.706. The van der Waals surface area contributed by atoms with Crippen LogP contribution in [-0.4, -0.2) is 32.3 Å². The van der Waals surface area contributed by atoms with E-state index in [1.807, 2.05) is 12.4 Å². The highest BCUT2D eigenvalue weighted by molar-refractivity contribution is 5.38. The average Bonchev–Trinajstić information content (AvgIpc) is 3.21. The van der Waals surface area contributed by atoms with Crippen molar-refractivity contribution in [3.8, 4) is 0 Å². The molecule has 1 N–H and O–H groups in total. The van der Waals surface area contributed by atoms with Crippen LogP contribution in [0.1, 0.15) is 24.4 Å². The van der Waals surface area contributed by atoms with Crippen LogP contribution >= 0.6 is 0 Å². The largest absolute Gasteiger partial charge is 0.346 e. The molecule has 0 atom stereocenters. The van der Waals surface area contributed by atoms with E-state index >= 15 is 0 Å². The van der Waals surface area contributed by atoms with Crippen molar-refractivity contribution in [2.45, 2.75) is 38.5 Å². The second kappa shape index (κ2) is 4.86. The predicted molar refractivity (Wildman–Crippen MR) is 75.2 cm³/mol. The lowest BCUT2D eigenvalue weighted by Crippen LogP contribution is -2.34. The van der Waals surface area contributed by atoms with E-state index in [0.717, 1.165) is 43.5 Å². The Balaban J connectivity index is 1.43. The van der Waals surface area contributed by atoms with Gasteiger partial charge in [0.15, 0.2) is 5.82 Å². The van der Waals surface area contributed by atoms with E-state index in [-0.39, 0.29) is 0 Å². The van der Waals surface area contributed by atoms with Crippen molar-refractivity contribution in [3.63, 3.8) is 0 Å². The molecule has 0 spiro atoms. The molecule has 104 valence electrons. The van der Waals surface area contributed by atoms with Gasteiger partial charge in [-0.25, -0.2) is 4.98 Å². The molecule has 4 rings (SSSR count). The maximum Gasteiger partial charge on any atom is 0.151 e. The number of nitrogens with zero attached hydrogens (tertiary/aromatic N) is 5. The van der Waals surface area contributed by atoms with Crippen molar-refractivity contribution < 1.29 is 0 Å². The minimum absolute atomic E-state index is 0.706. The molecule has 0 amide bonds. The van der Waals surface area contributed by atoms with Crippen molar-refractivity contribution in [3.05, 3.63) is 36.0 Å². The molecule has 0 saturated heterocycles. The normalized spacial score (nSPS) is 18.1. The van der Waals surface area contributed by atoms with Gasteiger partial charge in [-0.3, -0.25) is 0 Å². The van der Waals surface area contributed by atoms with E-state index in [2.05, 4.69) is 42.1 Å². The van der Waals surface area contributed by atoms with E-state index < -0.39 is 0 Å². The van der Waals surface area contributed by atoms with Gasteiger partial charge in [-0.15, -0.1) is 5.10 Å². The van der Waals surface area contributed by atoms with Crippen molar-refractivity contribution in [1.82, 2.24) is 25.1 Å². The summed E-state index contributed by atoms with van der Waals surface area (Å²) in [5.74, 6) is 2.03. The average molecular weight is 270 g/mol. The summed E-state index contributed by atoms with van der Waals surface area (Å²) in [4.78, 5) is 6.60. The van der Waals surface area contributed by atoms with E-state index in [1.165, 1.54) is 12.8 Å². The van der Waals surface area contributed by atoms with Crippen LogP contribution in [0.25, 0.3) is 0 Å². The Morgan fingerprint density at radius 2 is 2.15 bits per heavy atom. The lowest BCUT2D eigenvalue weighted by molar-refractivity contribution is 0.553. The summed E-state index contributed by atoms with van der Waals surface area (Å²) in [5.41, 5.74) is 1.01. The van der Waals surface area contributed by atoms with Crippen molar-refractivity contribution >= 4 is 5.82 Å². The second-order valence-corrected chi connectivity index (χ2v) is 5.50. The van der Waals surface area contributed by atoms with Gasteiger partial charge in [-0.2, -0.15) is 5.10 Å². The number of rotatable bonds is 4. The van der Waals surface area contributed by atoms with Crippen LogP contribution < -0.4 is 10.2 Å². The Kier molecular flexibility index (Phi) is 2.88. The molecule has 0 unspecified atom stereocenters. The second-order valence-electron chi connectivity index (χ2n) is 5.50. The monoisotopic (exact) mass is 270 g/mol. The van der Waals surface area contributed by atoms with E-state index in [9.17, 15) is 0 Å². The van der Waals surface area contributed by atoms with Crippen LogP contribution in [0, 0.1) is 0 Å². The highest BCUT2D eigenvalue weighted by Gasteiger charge is 2.21. The van der Waals surface area contributed by atoms with Crippen molar-refractivity contribution in [2.75, 3.05) is 11.4 Å². The maximum atomic E-state index is 4.37. The molecule has 0 aromatic carbocycles. The number of fused-ring (bicyclic) bond motifs is 1. The summed E-state index contributed by atoms with van der Waals surface area (Å²) in [7, 11) is 0. The minimum Gasteiger partial charge on any atom is -0.346 e. The zero-order valence-corrected chi connectivity index (χ0v) is 11.4. The smallest absolute Gasteiger partial charge is 0.151 e. The quantitative estimate of drug-likeness (QED) is 0.896. The number of nitrogens with one attached hydrogen (secondary N) is 1. The molecule has 0 bridgehead atoms. The van der Waals surface area contributed by atoms with Crippen LogP contribution in [0.3, 0.4) is 0 Å². The van der Waals surface area contributed by atoms with E-state index in [4.69, 9.17) is 0 Å². The topological polar surface area (TPSA) is 58.9 Å². The maximum absolute atomic E-state index is 4.37. The van der Waals surface area contributed by atoms with Gasteiger partial charge >= 0.3 is 0 Å². The zero-order valence-electron chi connectivity index (χ0n) is 11.4. The molecule has 6 nitrogen and oxygen atoms in total. The molecule has 3 heterocycles. The molecule has 20 heavy (non-hydrogen) atoms. The molecule has 1 saturated carbocycles. The van der Waals surface area contributed by atoms with Gasteiger partial charge in [-0.05, 0) is 25.0 Å². The van der Waals surface area contributed by atoms with E-state index in [0.29, 0.717) is 6.04 Å². The number of aromatic nitrogens is 4. The number of imidazole rings is 1. The predicted octanol–water partition coefficient (Wildman–Crippen LogP) is 0.945. The van der Waals surface area contributed by atoms with Crippen LogP contribution in [0.2, 0.25) is 0 Å². The summed E-state index contributed by atoms with van der Waals surface area (Å²) in [6, 6.07) is 4.84. The number of hydrogen-bond acceptors (Lipinski definition) is 5. The Morgan fingerprint density at radius 1 is 1.20 bits per heavy atom. The highest BCUT2D eigenvalue weighted by atomic mass is 15.3. The molecule has 1 aliphatic carbocycles. The highest BCUT2D eigenvalue weighted by Crippen LogP contribution is 2.20. The summed E-state index contributed by atoms with van der Waals surface area (Å²) in [6.45, 7) is 3.55. The van der Waals surface area contributed by atoms with Crippen molar-refractivity contribution in [2.24, 2.45) is 0 Å². The summed E-state index contributed by atoms with van der Waals surface area (Å²) in [6.07, 6.45) is 6.49. The molecule has 1 aliphatic heterocycles. The van der Waals surface area contributed by atoms with Gasteiger partial charge in [0.2, 0.25) is 0 Å². The third-order valence-corrected chi connectivity index (χ3v) is 3.92. The molecular weight excluding hydrogens is 252 g/mol. The van der Waals surface area contributed by atoms with Gasteiger partial charge in [0, 0.05) is 38.1 Å². The van der Waals surface area contributed by atoms with Gasteiger partial charge in [0.1, 0.15) is 5.82 Å². The lowest BCUT2D eigenvalue weighted by Gasteiger charge is -2.28. The molecule has 0 radical (unpaired) electrons. The third kappa shape index (κ3) is 2.38. The summed E-state index contributed by atoms with van der Waals surface area (Å²) >= 11 is 0. The van der Waals surface area contributed by atoms with Gasteiger partial charge in [0.25, 0.3) is 0 Å². The molecule has 2 aromatic rings. The van der Waals surface area contributed by atoms with Gasteiger partial charge in [-0.1, -0.05) is 0 Å². The third-order valence-electron chi connectivity index (χ3n) is 3.92. The fraction of sp³-hybridized carbons (Fsp3) is 0.500. The molecule has 1 fully saturated rings. The van der Waals surface area contributed by atoms with Gasteiger partial charge < -0.3 is 14.8 Å². The lowest BCUT2D eigenvalue weighted by atomic mass is 10.3. The first-order chi connectivity index (χ1) is 9.88. The Bertz CT molecular complexity index is 586. The van der Waals surface area contributed by atoms with Crippen LogP contribution in [-0.2, 0) is 19.6 Å². The molecule has 2 aliphatic rings. The first kappa shape index (κ1) is 11.8. The first-order valence-corrected chi connectivity index (χ1v) is 7.19. The summed E-state index contributed by atoms with van der Waals surface area (Å²) in [5, 5.41) is 12.1. The number of anilines is 1. The Hall–Kier alpha value is -1.95. The first-order valence-electron chi connectivity index (χ1n) is 7.19. The Morgan fingerprint density at radius 3 is 2.95 bits per heavy atom. The molecule has 2 aromatic heterocycles. The standard InChI is InChI=1S/C14H18N6/c1-2-11(1)16-9-12-3-4-13(18-17-12)20-8-7-19-6-5-15-14(19)10-20/h3-6,11,16H,1-2,7-10H2. The molecule has 6 heteroatoms. The van der Waals surface area contributed by atoms with Crippen LogP contribution in [0.4, 0.5) is 5.82 Å². The zero-order chi connectivity index (χ0) is 13.4.